The van der Waals surface area contributed by atoms with E-state index in [1.54, 1.807) is 17.9 Å². The van der Waals surface area contributed by atoms with Crippen molar-refractivity contribution in [2.45, 2.75) is 13.8 Å². The molecule has 5 nitrogen and oxygen atoms in total. The summed E-state index contributed by atoms with van der Waals surface area (Å²) < 4.78 is 26.0. The van der Waals surface area contributed by atoms with Gasteiger partial charge in [-0.05, 0) is 37.6 Å². The van der Waals surface area contributed by atoms with E-state index >= 15 is 0 Å². The van der Waals surface area contributed by atoms with E-state index in [1.807, 2.05) is 19.1 Å². The molecule has 1 fully saturated rings. The molecule has 0 aliphatic carbocycles. The lowest BCUT2D eigenvalue weighted by molar-refractivity contribution is 0.0697. The molecule has 0 spiro atoms. The SMILES string of the molecule is CCS(=O)(=O)N1CCN(C(=O)c2ccc(Br)cc2C)CC1. The molecule has 0 bridgehead atoms. The fraction of sp³-hybridized carbons (Fsp3) is 0.500. The van der Waals surface area contributed by atoms with Crippen LogP contribution in [0, 0.1) is 6.92 Å². The molecule has 1 aliphatic heterocycles. The van der Waals surface area contributed by atoms with Gasteiger partial charge < -0.3 is 4.90 Å². The molecule has 0 N–H and O–H groups in total. The summed E-state index contributed by atoms with van der Waals surface area (Å²) in [5.41, 5.74) is 1.59. The molecule has 1 heterocycles. The van der Waals surface area contributed by atoms with E-state index in [-0.39, 0.29) is 11.7 Å². The number of benzene rings is 1. The van der Waals surface area contributed by atoms with Crippen LogP contribution < -0.4 is 0 Å². The Morgan fingerprint density at radius 1 is 1.24 bits per heavy atom. The van der Waals surface area contributed by atoms with Gasteiger partial charge in [-0.2, -0.15) is 4.31 Å². The maximum absolute atomic E-state index is 12.5. The molecule has 0 saturated carbocycles. The number of aryl methyl sites for hydroxylation is 1. The normalized spacial score (nSPS) is 17.0. The molecular weight excluding hydrogens is 356 g/mol. The Bertz CT molecular complexity index is 638. The van der Waals surface area contributed by atoms with E-state index in [2.05, 4.69) is 15.9 Å². The molecule has 116 valence electrons. The summed E-state index contributed by atoms with van der Waals surface area (Å²) in [6.45, 7) is 5.16. The van der Waals surface area contributed by atoms with Crippen LogP contribution in [0.1, 0.15) is 22.8 Å². The number of sulfonamides is 1. The van der Waals surface area contributed by atoms with Crippen molar-refractivity contribution in [3.63, 3.8) is 0 Å². The van der Waals surface area contributed by atoms with Crippen LogP contribution in [0.5, 0.6) is 0 Å². The van der Waals surface area contributed by atoms with Gasteiger partial charge in [0.05, 0.1) is 5.75 Å². The summed E-state index contributed by atoms with van der Waals surface area (Å²) >= 11 is 3.38. The second-order valence-electron chi connectivity index (χ2n) is 5.05. The fourth-order valence-corrected chi connectivity index (χ4v) is 3.95. The lowest BCUT2D eigenvalue weighted by atomic mass is 10.1. The van der Waals surface area contributed by atoms with Gasteiger partial charge in [-0.3, -0.25) is 4.79 Å². The minimum atomic E-state index is -3.16. The Balaban J connectivity index is 2.07. The monoisotopic (exact) mass is 374 g/mol. The topological polar surface area (TPSA) is 57.7 Å². The Morgan fingerprint density at radius 3 is 2.38 bits per heavy atom. The number of nitrogens with zero attached hydrogens (tertiary/aromatic N) is 2. The van der Waals surface area contributed by atoms with E-state index in [4.69, 9.17) is 0 Å². The first kappa shape index (κ1) is 16.5. The van der Waals surface area contributed by atoms with Crippen LogP contribution in [-0.2, 0) is 10.0 Å². The fourth-order valence-electron chi connectivity index (χ4n) is 2.39. The van der Waals surface area contributed by atoms with Crippen LogP contribution in [0.15, 0.2) is 22.7 Å². The van der Waals surface area contributed by atoms with Crippen molar-refractivity contribution in [3.05, 3.63) is 33.8 Å². The number of rotatable bonds is 3. The molecule has 0 atom stereocenters. The number of amides is 1. The molecule has 0 aromatic heterocycles. The second kappa shape index (κ2) is 6.46. The van der Waals surface area contributed by atoms with Crippen LogP contribution in [-0.4, -0.2) is 55.5 Å². The maximum Gasteiger partial charge on any atom is 0.254 e. The van der Waals surface area contributed by atoms with Crippen molar-refractivity contribution in [1.29, 1.82) is 0 Å². The molecule has 1 saturated heterocycles. The van der Waals surface area contributed by atoms with Crippen molar-refractivity contribution in [1.82, 2.24) is 9.21 Å². The van der Waals surface area contributed by atoms with Crippen molar-refractivity contribution in [3.8, 4) is 0 Å². The van der Waals surface area contributed by atoms with Crippen LogP contribution in [0.3, 0.4) is 0 Å². The Labute approximate surface area is 134 Å². The molecule has 0 radical (unpaired) electrons. The minimum absolute atomic E-state index is 0.0338. The Hall–Kier alpha value is -0.920. The van der Waals surface area contributed by atoms with E-state index in [9.17, 15) is 13.2 Å². The average molecular weight is 375 g/mol. The zero-order valence-electron chi connectivity index (χ0n) is 12.2. The number of hydrogen-bond acceptors (Lipinski definition) is 3. The van der Waals surface area contributed by atoms with E-state index in [0.717, 1.165) is 10.0 Å². The number of piperazine rings is 1. The van der Waals surface area contributed by atoms with Gasteiger partial charge in [0.15, 0.2) is 0 Å². The first-order valence-electron chi connectivity index (χ1n) is 6.88. The van der Waals surface area contributed by atoms with Gasteiger partial charge in [-0.1, -0.05) is 15.9 Å². The van der Waals surface area contributed by atoms with Crippen molar-refractivity contribution in [2.75, 3.05) is 31.9 Å². The van der Waals surface area contributed by atoms with Crippen molar-refractivity contribution in [2.24, 2.45) is 0 Å². The predicted octanol–water partition coefficient (Wildman–Crippen LogP) is 1.87. The van der Waals surface area contributed by atoms with Gasteiger partial charge in [0.1, 0.15) is 0 Å². The minimum Gasteiger partial charge on any atom is -0.336 e. The molecule has 1 amide bonds. The predicted molar refractivity (Wildman–Crippen MR) is 85.8 cm³/mol. The Kier molecular flexibility index (Phi) is 5.06. The van der Waals surface area contributed by atoms with Crippen LogP contribution in [0.4, 0.5) is 0 Å². The zero-order valence-corrected chi connectivity index (χ0v) is 14.6. The third kappa shape index (κ3) is 3.64. The summed E-state index contributed by atoms with van der Waals surface area (Å²) in [5, 5.41) is 0. The zero-order chi connectivity index (χ0) is 15.6. The first-order chi connectivity index (χ1) is 9.85. The van der Waals surface area contributed by atoms with Crippen LogP contribution in [0.25, 0.3) is 0 Å². The molecular formula is C14H19BrN2O3S. The molecule has 7 heteroatoms. The van der Waals surface area contributed by atoms with Crippen molar-refractivity contribution < 1.29 is 13.2 Å². The van der Waals surface area contributed by atoms with Crippen LogP contribution in [0.2, 0.25) is 0 Å². The van der Waals surface area contributed by atoms with E-state index in [0.29, 0.717) is 31.7 Å². The summed E-state index contributed by atoms with van der Waals surface area (Å²) in [6, 6.07) is 5.56. The van der Waals surface area contributed by atoms with Gasteiger partial charge in [-0.25, -0.2) is 8.42 Å². The maximum atomic E-state index is 12.5. The summed E-state index contributed by atoms with van der Waals surface area (Å²) in [6.07, 6.45) is 0. The van der Waals surface area contributed by atoms with Gasteiger partial charge in [0.2, 0.25) is 10.0 Å². The highest BCUT2D eigenvalue weighted by molar-refractivity contribution is 9.10. The quantitative estimate of drug-likeness (QED) is 0.811. The first-order valence-corrected chi connectivity index (χ1v) is 9.28. The molecule has 0 unspecified atom stereocenters. The summed E-state index contributed by atoms with van der Waals surface area (Å²) in [4.78, 5) is 14.2. The molecule has 1 aromatic carbocycles. The summed E-state index contributed by atoms with van der Waals surface area (Å²) in [7, 11) is -3.16. The van der Waals surface area contributed by atoms with Crippen LogP contribution >= 0.6 is 15.9 Å². The molecule has 1 aliphatic rings. The second-order valence-corrected chi connectivity index (χ2v) is 8.22. The van der Waals surface area contributed by atoms with Gasteiger partial charge in [-0.15, -0.1) is 0 Å². The summed E-state index contributed by atoms with van der Waals surface area (Å²) in [5.74, 6) is 0.0702. The number of hydrogen-bond donors (Lipinski definition) is 0. The highest BCUT2D eigenvalue weighted by Crippen LogP contribution is 2.18. The number of halogens is 1. The molecule has 2 rings (SSSR count). The third-order valence-corrected chi connectivity index (χ3v) is 6.08. The van der Waals surface area contributed by atoms with E-state index < -0.39 is 10.0 Å². The number of carbonyl (C=O) groups excluding carboxylic acids is 1. The standard InChI is InChI=1S/C14H19BrN2O3S/c1-3-21(19,20)17-8-6-16(7-9-17)14(18)13-5-4-12(15)10-11(13)2/h4-5,10H,3,6-9H2,1-2H3. The molecule has 21 heavy (non-hydrogen) atoms. The lowest BCUT2D eigenvalue weighted by Gasteiger charge is -2.34. The highest BCUT2D eigenvalue weighted by Gasteiger charge is 2.28. The lowest BCUT2D eigenvalue weighted by Crippen LogP contribution is -2.50. The number of carbonyl (C=O) groups is 1. The Morgan fingerprint density at radius 2 is 1.86 bits per heavy atom. The van der Waals surface area contributed by atoms with Gasteiger partial charge in [0, 0.05) is 36.2 Å². The third-order valence-electron chi connectivity index (χ3n) is 3.70. The van der Waals surface area contributed by atoms with Gasteiger partial charge in [0.25, 0.3) is 5.91 Å². The van der Waals surface area contributed by atoms with E-state index in [1.165, 1.54) is 4.31 Å². The largest absolute Gasteiger partial charge is 0.336 e. The van der Waals surface area contributed by atoms with Gasteiger partial charge >= 0.3 is 0 Å². The van der Waals surface area contributed by atoms with Crippen molar-refractivity contribution >= 4 is 31.9 Å². The highest BCUT2D eigenvalue weighted by atomic mass is 79.9. The molecule has 1 aromatic rings. The average Bonchev–Trinajstić information content (AvgIpc) is 2.47. The smallest absolute Gasteiger partial charge is 0.254 e.